The van der Waals surface area contributed by atoms with Gasteiger partial charge in [0.1, 0.15) is 11.5 Å². The number of nitrogens with one attached hydrogen (secondary N) is 1. The Morgan fingerprint density at radius 2 is 1.68 bits per heavy atom. The van der Waals surface area contributed by atoms with Gasteiger partial charge in [-0.1, -0.05) is 6.08 Å². The molecule has 6 heteroatoms. The van der Waals surface area contributed by atoms with Gasteiger partial charge in [-0.3, -0.25) is 4.90 Å². The van der Waals surface area contributed by atoms with Crippen molar-refractivity contribution in [2.75, 3.05) is 40.4 Å². The molecule has 1 aliphatic heterocycles. The molecule has 126 valence electrons. The molecule has 0 spiro atoms. The number of nitrogens with zero attached hydrogens (tertiary/aromatic N) is 1. The van der Waals surface area contributed by atoms with Gasteiger partial charge in [0.05, 0.1) is 14.2 Å². The van der Waals surface area contributed by atoms with Gasteiger partial charge in [0.15, 0.2) is 0 Å². The van der Waals surface area contributed by atoms with Gasteiger partial charge in [0.25, 0.3) is 0 Å². The molecule has 1 aromatic rings. The van der Waals surface area contributed by atoms with Crippen molar-refractivity contribution in [3.05, 3.63) is 36.4 Å². The molecule has 1 N–H and O–H groups in total. The second kappa shape index (κ2) is 10.7. The molecule has 1 fully saturated rings. The van der Waals surface area contributed by atoms with E-state index in [2.05, 4.69) is 28.9 Å². The average Bonchev–Trinajstić information content (AvgIpc) is 2.52. The van der Waals surface area contributed by atoms with Gasteiger partial charge in [-0.2, -0.15) is 0 Å². The van der Waals surface area contributed by atoms with Crippen molar-refractivity contribution in [3.8, 4) is 11.5 Å². The first-order chi connectivity index (χ1) is 9.78. The monoisotopic (exact) mass is 348 g/mol. The summed E-state index contributed by atoms with van der Waals surface area (Å²) in [6.07, 6.45) is 2.91. The van der Waals surface area contributed by atoms with Crippen LogP contribution >= 0.6 is 24.8 Å². The normalized spacial score (nSPS) is 15.9. The van der Waals surface area contributed by atoms with Crippen LogP contribution in [0, 0.1) is 0 Å². The lowest BCUT2D eigenvalue weighted by molar-refractivity contribution is 0.174. The summed E-state index contributed by atoms with van der Waals surface area (Å²) >= 11 is 0. The standard InChI is InChI=1S/C16H24N2O2.2ClH/c1-4-5-16(18-8-6-17-7-9-18)13-10-14(19-2)12-15(11-13)20-3;;/h4,10-12,16-17H,1,5-9H2,2-3H3;2*1H/t16-;;/m1../s1. The summed E-state index contributed by atoms with van der Waals surface area (Å²) in [5.41, 5.74) is 1.23. The molecule has 4 nitrogen and oxygen atoms in total. The number of halogens is 2. The second-order valence-corrected chi connectivity index (χ2v) is 4.97. The van der Waals surface area contributed by atoms with Crippen molar-refractivity contribution in [2.45, 2.75) is 12.5 Å². The maximum Gasteiger partial charge on any atom is 0.122 e. The number of ether oxygens (including phenoxy) is 2. The van der Waals surface area contributed by atoms with E-state index in [9.17, 15) is 0 Å². The highest BCUT2D eigenvalue weighted by molar-refractivity contribution is 5.85. The largest absolute Gasteiger partial charge is 0.497 e. The van der Waals surface area contributed by atoms with E-state index in [1.807, 2.05) is 12.1 Å². The fourth-order valence-corrected chi connectivity index (χ4v) is 2.67. The van der Waals surface area contributed by atoms with Crippen molar-refractivity contribution in [2.24, 2.45) is 0 Å². The molecule has 1 aromatic carbocycles. The van der Waals surface area contributed by atoms with E-state index >= 15 is 0 Å². The van der Waals surface area contributed by atoms with Gasteiger partial charge in [0.2, 0.25) is 0 Å². The Bertz CT molecular complexity index is 430. The molecule has 1 saturated heterocycles. The highest BCUT2D eigenvalue weighted by Crippen LogP contribution is 2.31. The Hall–Kier alpha value is -0.940. The lowest BCUT2D eigenvalue weighted by Crippen LogP contribution is -2.45. The number of benzene rings is 1. The fourth-order valence-electron chi connectivity index (χ4n) is 2.67. The van der Waals surface area contributed by atoms with Crippen LogP contribution in [0.1, 0.15) is 18.0 Å². The minimum absolute atomic E-state index is 0. The van der Waals surface area contributed by atoms with Gasteiger partial charge in [-0.25, -0.2) is 0 Å². The molecule has 22 heavy (non-hydrogen) atoms. The molecule has 0 aromatic heterocycles. The first kappa shape index (κ1) is 21.1. The van der Waals surface area contributed by atoms with Crippen LogP contribution in [0.4, 0.5) is 0 Å². The molecule has 2 rings (SSSR count). The Labute approximate surface area is 145 Å². The summed E-state index contributed by atoms with van der Waals surface area (Å²) in [6.45, 7) is 8.08. The third-order valence-corrected chi connectivity index (χ3v) is 3.74. The van der Waals surface area contributed by atoms with Crippen LogP contribution in [-0.2, 0) is 0 Å². The Morgan fingerprint density at radius 3 is 2.14 bits per heavy atom. The van der Waals surface area contributed by atoms with Crippen LogP contribution in [0.3, 0.4) is 0 Å². The Balaban J connectivity index is 0.00000220. The molecule has 0 aliphatic carbocycles. The number of methoxy groups -OCH3 is 2. The number of rotatable bonds is 6. The average molecular weight is 349 g/mol. The van der Waals surface area contributed by atoms with Crippen LogP contribution in [0.25, 0.3) is 0 Å². The summed E-state index contributed by atoms with van der Waals surface area (Å²) in [4.78, 5) is 2.49. The summed E-state index contributed by atoms with van der Waals surface area (Å²) in [6, 6.07) is 6.43. The Morgan fingerprint density at radius 1 is 1.14 bits per heavy atom. The van der Waals surface area contributed by atoms with Crippen molar-refractivity contribution in [1.82, 2.24) is 10.2 Å². The molecule has 1 heterocycles. The predicted octanol–water partition coefficient (Wildman–Crippen LogP) is 3.07. The predicted molar refractivity (Wildman–Crippen MR) is 96.0 cm³/mol. The van der Waals surface area contributed by atoms with E-state index in [-0.39, 0.29) is 24.8 Å². The van der Waals surface area contributed by atoms with Crippen molar-refractivity contribution >= 4 is 24.8 Å². The summed E-state index contributed by atoms with van der Waals surface area (Å²) in [7, 11) is 3.37. The maximum atomic E-state index is 5.38. The molecule has 0 saturated carbocycles. The van der Waals surface area contributed by atoms with Crippen LogP contribution in [0.2, 0.25) is 0 Å². The van der Waals surface area contributed by atoms with Crippen LogP contribution in [-0.4, -0.2) is 45.3 Å². The molecular formula is C16H26Cl2N2O2. The Kier molecular flexibility index (Phi) is 10.3. The zero-order valence-electron chi connectivity index (χ0n) is 13.2. The highest BCUT2D eigenvalue weighted by atomic mass is 35.5. The SMILES string of the molecule is C=CC[C@H](c1cc(OC)cc(OC)c1)N1CCNCC1.Cl.Cl. The van der Waals surface area contributed by atoms with Gasteiger partial charge in [-0.05, 0) is 24.1 Å². The quantitative estimate of drug-likeness (QED) is 0.801. The molecule has 0 radical (unpaired) electrons. The van der Waals surface area contributed by atoms with Gasteiger partial charge in [-0.15, -0.1) is 31.4 Å². The van der Waals surface area contributed by atoms with Crippen molar-refractivity contribution < 1.29 is 9.47 Å². The van der Waals surface area contributed by atoms with Crippen molar-refractivity contribution in [3.63, 3.8) is 0 Å². The van der Waals surface area contributed by atoms with E-state index in [0.717, 1.165) is 44.1 Å². The van der Waals surface area contributed by atoms with Crippen LogP contribution in [0.5, 0.6) is 11.5 Å². The minimum Gasteiger partial charge on any atom is -0.497 e. The zero-order chi connectivity index (χ0) is 14.4. The van der Waals surface area contributed by atoms with Crippen LogP contribution < -0.4 is 14.8 Å². The lowest BCUT2D eigenvalue weighted by atomic mass is 10.0. The molecule has 0 bridgehead atoms. The number of hydrogen-bond donors (Lipinski definition) is 1. The zero-order valence-corrected chi connectivity index (χ0v) is 14.8. The van der Waals surface area contributed by atoms with E-state index in [0.29, 0.717) is 6.04 Å². The summed E-state index contributed by atoms with van der Waals surface area (Å²) < 4.78 is 10.8. The second-order valence-electron chi connectivity index (χ2n) is 4.97. The van der Waals surface area contributed by atoms with E-state index < -0.39 is 0 Å². The summed E-state index contributed by atoms with van der Waals surface area (Å²) in [5, 5.41) is 3.39. The summed E-state index contributed by atoms with van der Waals surface area (Å²) in [5.74, 6) is 1.67. The van der Waals surface area contributed by atoms with Gasteiger partial charge >= 0.3 is 0 Å². The lowest BCUT2D eigenvalue weighted by Gasteiger charge is -2.35. The highest BCUT2D eigenvalue weighted by Gasteiger charge is 2.22. The molecule has 0 unspecified atom stereocenters. The van der Waals surface area contributed by atoms with Gasteiger partial charge in [0, 0.05) is 38.3 Å². The molecule has 1 atom stereocenters. The molecule has 1 aliphatic rings. The maximum absolute atomic E-state index is 5.38. The van der Waals surface area contributed by atoms with Gasteiger partial charge < -0.3 is 14.8 Å². The van der Waals surface area contributed by atoms with E-state index in [1.54, 1.807) is 14.2 Å². The third kappa shape index (κ3) is 5.36. The van der Waals surface area contributed by atoms with E-state index in [4.69, 9.17) is 9.47 Å². The minimum atomic E-state index is 0. The molecular weight excluding hydrogens is 323 g/mol. The van der Waals surface area contributed by atoms with Crippen molar-refractivity contribution in [1.29, 1.82) is 0 Å². The third-order valence-electron chi connectivity index (χ3n) is 3.74. The first-order valence-corrected chi connectivity index (χ1v) is 7.07. The molecule has 0 amide bonds. The topological polar surface area (TPSA) is 33.7 Å². The first-order valence-electron chi connectivity index (χ1n) is 7.07. The number of piperazine rings is 1. The fraction of sp³-hybridized carbons (Fsp3) is 0.500. The number of hydrogen-bond acceptors (Lipinski definition) is 4. The van der Waals surface area contributed by atoms with Crippen LogP contribution in [0.15, 0.2) is 30.9 Å². The van der Waals surface area contributed by atoms with E-state index in [1.165, 1.54) is 5.56 Å². The smallest absolute Gasteiger partial charge is 0.122 e.